The van der Waals surface area contributed by atoms with Crippen molar-refractivity contribution in [2.45, 2.75) is 70.9 Å². The molecule has 2 aliphatic rings. The first-order valence-electron chi connectivity index (χ1n) is 7.31. The van der Waals surface area contributed by atoms with E-state index in [9.17, 15) is 0 Å². The lowest BCUT2D eigenvalue weighted by molar-refractivity contribution is -0.0975. The van der Waals surface area contributed by atoms with E-state index in [1.165, 1.54) is 6.42 Å². The van der Waals surface area contributed by atoms with Crippen molar-refractivity contribution in [1.29, 1.82) is 0 Å². The minimum atomic E-state index is -0.105. The number of hydrogen-bond donors (Lipinski definition) is 0. The summed E-state index contributed by atoms with van der Waals surface area (Å²) in [5.41, 5.74) is -0.0651. The molecule has 1 aromatic heterocycles. The Morgan fingerprint density at radius 1 is 1.37 bits per heavy atom. The zero-order chi connectivity index (χ0) is 13.7. The predicted octanol–water partition coefficient (Wildman–Crippen LogP) is 3.84. The van der Waals surface area contributed by atoms with Crippen LogP contribution < -0.4 is 0 Å². The fourth-order valence-electron chi connectivity index (χ4n) is 3.55. The molecule has 2 aliphatic heterocycles. The number of aryl methyl sites for hydroxylation is 1. The van der Waals surface area contributed by atoms with Gasteiger partial charge in [0.1, 0.15) is 18.1 Å². The Bertz CT molecular complexity index is 464. The first kappa shape index (κ1) is 13.2. The quantitative estimate of drug-likeness (QED) is 0.828. The second-order valence-corrected chi connectivity index (χ2v) is 6.65. The van der Waals surface area contributed by atoms with E-state index < -0.39 is 0 Å². The van der Waals surface area contributed by atoms with Gasteiger partial charge in [0.2, 0.25) is 0 Å². The van der Waals surface area contributed by atoms with Gasteiger partial charge in [0.25, 0.3) is 0 Å². The second-order valence-electron chi connectivity index (χ2n) is 6.65. The molecular formula is C16H24O3. The molecule has 0 aliphatic carbocycles. The monoisotopic (exact) mass is 264 g/mol. The fourth-order valence-corrected chi connectivity index (χ4v) is 3.55. The van der Waals surface area contributed by atoms with Crippen LogP contribution in [0.1, 0.15) is 51.6 Å². The lowest BCUT2D eigenvalue weighted by Crippen LogP contribution is -2.38. The Balaban J connectivity index is 1.66. The first-order valence-corrected chi connectivity index (χ1v) is 7.31. The van der Waals surface area contributed by atoms with E-state index in [4.69, 9.17) is 13.9 Å². The lowest BCUT2D eigenvalue weighted by Gasteiger charge is -2.31. The summed E-state index contributed by atoms with van der Waals surface area (Å²) in [7, 11) is 0. The van der Waals surface area contributed by atoms with Crippen molar-refractivity contribution >= 4 is 0 Å². The van der Waals surface area contributed by atoms with Crippen molar-refractivity contribution in [3.63, 3.8) is 0 Å². The number of ether oxygens (including phenoxy) is 2. The van der Waals surface area contributed by atoms with Crippen molar-refractivity contribution in [3.8, 4) is 0 Å². The third-order valence-electron chi connectivity index (χ3n) is 4.97. The lowest BCUT2D eigenvalue weighted by atomic mass is 9.75. The largest absolute Gasteiger partial charge is 0.464 e. The van der Waals surface area contributed by atoms with E-state index in [0.717, 1.165) is 24.4 Å². The van der Waals surface area contributed by atoms with Crippen molar-refractivity contribution in [2.24, 2.45) is 5.92 Å². The molecule has 2 fully saturated rings. The zero-order valence-corrected chi connectivity index (χ0v) is 12.4. The van der Waals surface area contributed by atoms with Gasteiger partial charge in [-0.15, -0.1) is 0 Å². The number of furan rings is 1. The topological polar surface area (TPSA) is 31.6 Å². The summed E-state index contributed by atoms with van der Waals surface area (Å²) in [6, 6.07) is 3.97. The maximum absolute atomic E-state index is 6.36. The van der Waals surface area contributed by atoms with Crippen LogP contribution in [0.5, 0.6) is 0 Å². The summed E-state index contributed by atoms with van der Waals surface area (Å²) < 4.78 is 18.0. The molecule has 3 heterocycles. The molecule has 3 unspecified atom stereocenters. The van der Waals surface area contributed by atoms with Gasteiger partial charge in [0.15, 0.2) is 0 Å². The van der Waals surface area contributed by atoms with Crippen LogP contribution in [0.3, 0.4) is 0 Å². The summed E-state index contributed by atoms with van der Waals surface area (Å²) >= 11 is 0. The molecule has 2 saturated heterocycles. The van der Waals surface area contributed by atoms with Crippen LogP contribution in [0.4, 0.5) is 0 Å². The minimum Gasteiger partial charge on any atom is -0.464 e. The standard InChI is InChI=1S/C16H24O3/c1-11(2)16-8-7-15(4,19-16)14(9-16)17-10-13-6-5-12(3)18-13/h5-6,11,14H,7-10H2,1-4H3. The molecule has 3 nitrogen and oxygen atoms in total. The van der Waals surface area contributed by atoms with Gasteiger partial charge in [-0.1, -0.05) is 13.8 Å². The van der Waals surface area contributed by atoms with Crippen LogP contribution in [0, 0.1) is 12.8 Å². The molecular weight excluding hydrogens is 240 g/mol. The molecule has 0 saturated carbocycles. The molecule has 0 amide bonds. The average molecular weight is 264 g/mol. The summed E-state index contributed by atoms with van der Waals surface area (Å²) in [5.74, 6) is 2.39. The molecule has 0 aromatic carbocycles. The molecule has 1 aromatic rings. The Morgan fingerprint density at radius 2 is 2.16 bits per heavy atom. The molecule has 106 valence electrons. The third-order valence-corrected chi connectivity index (χ3v) is 4.97. The van der Waals surface area contributed by atoms with Crippen LogP contribution in [0.25, 0.3) is 0 Å². The van der Waals surface area contributed by atoms with Gasteiger partial charge in [-0.05, 0) is 44.7 Å². The normalized spacial score (nSPS) is 37.4. The highest BCUT2D eigenvalue weighted by molar-refractivity contribution is 5.10. The Labute approximate surface area is 115 Å². The molecule has 3 atom stereocenters. The maximum atomic E-state index is 6.36. The fraction of sp³-hybridized carbons (Fsp3) is 0.750. The Morgan fingerprint density at radius 3 is 2.74 bits per heavy atom. The predicted molar refractivity (Wildman–Crippen MR) is 72.9 cm³/mol. The van der Waals surface area contributed by atoms with Crippen molar-refractivity contribution in [3.05, 3.63) is 23.7 Å². The number of hydrogen-bond acceptors (Lipinski definition) is 3. The van der Waals surface area contributed by atoms with Crippen molar-refractivity contribution in [2.75, 3.05) is 0 Å². The van der Waals surface area contributed by atoms with Crippen LogP contribution in [-0.2, 0) is 16.1 Å². The van der Waals surface area contributed by atoms with Gasteiger partial charge in [-0.2, -0.15) is 0 Å². The van der Waals surface area contributed by atoms with Crippen LogP contribution in [-0.4, -0.2) is 17.3 Å². The highest BCUT2D eigenvalue weighted by Crippen LogP contribution is 2.55. The third kappa shape index (κ3) is 2.13. The summed E-state index contributed by atoms with van der Waals surface area (Å²) in [5, 5.41) is 0. The maximum Gasteiger partial charge on any atom is 0.129 e. The summed E-state index contributed by atoms with van der Waals surface area (Å²) in [6.07, 6.45) is 3.48. The van der Waals surface area contributed by atoms with Gasteiger partial charge >= 0.3 is 0 Å². The van der Waals surface area contributed by atoms with Crippen LogP contribution in [0.15, 0.2) is 16.5 Å². The Hall–Kier alpha value is -0.800. The smallest absolute Gasteiger partial charge is 0.129 e. The van der Waals surface area contributed by atoms with Crippen molar-refractivity contribution in [1.82, 2.24) is 0 Å². The van der Waals surface area contributed by atoms with E-state index in [2.05, 4.69) is 20.8 Å². The molecule has 0 spiro atoms. The van der Waals surface area contributed by atoms with Gasteiger partial charge < -0.3 is 13.9 Å². The molecule has 0 N–H and O–H groups in total. The van der Waals surface area contributed by atoms with E-state index in [-0.39, 0.29) is 17.3 Å². The van der Waals surface area contributed by atoms with E-state index >= 15 is 0 Å². The van der Waals surface area contributed by atoms with E-state index in [1.54, 1.807) is 0 Å². The molecule has 3 heteroatoms. The molecule has 0 radical (unpaired) electrons. The highest BCUT2D eigenvalue weighted by Gasteiger charge is 2.60. The highest BCUT2D eigenvalue weighted by atomic mass is 16.6. The summed E-state index contributed by atoms with van der Waals surface area (Å²) in [4.78, 5) is 0. The van der Waals surface area contributed by atoms with E-state index in [0.29, 0.717) is 12.5 Å². The van der Waals surface area contributed by atoms with Gasteiger partial charge in [-0.25, -0.2) is 0 Å². The average Bonchev–Trinajstić information content (AvgIpc) is 2.98. The van der Waals surface area contributed by atoms with Gasteiger partial charge in [0.05, 0.1) is 17.3 Å². The van der Waals surface area contributed by atoms with E-state index in [1.807, 2.05) is 19.1 Å². The molecule has 2 bridgehead atoms. The second kappa shape index (κ2) is 4.35. The van der Waals surface area contributed by atoms with Gasteiger partial charge in [0, 0.05) is 6.42 Å². The van der Waals surface area contributed by atoms with Crippen molar-refractivity contribution < 1.29 is 13.9 Å². The zero-order valence-electron chi connectivity index (χ0n) is 12.4. The summed E-state index contributed by atoms with van der Waals surface area (Å²) in [6.45, 7) is 9.21. The first-order chi connectivity index (χ1) is 8.93. The Kier molecular flexibility index (Phi) is 3.02. The minimum absolute atomic E-state index is 0.0402. The molecule has 3 rings (SSSR count). The van der Waals surface area contributed by atoms with Crippen LogP contribution in [0.2, 0.25) is 0 Å². The molecule has 19 heavy (non-hydrogen) atoms. The van der Waals surface area contributed by atoms with Crippen LogP contribution >= 0.6 is 0 Å². The van der Waals surface area contributed by atoms with Gasteiger partial charge in [-0.3, -0.25) is 0 Å². The number of rotatable bonds is 4. The number of fused-ring (bicyclic) bond motifs is 2. The SMILES string of the molecule is Cc1ccc(COC2CC3(C(C)C)CCC2(C)O3)o1.